The molecule has 2 aromatic carbocycles. The molecule has 1 fully saturated rings. The van der Waals surface area contributed by atoms with Gasteiger partial charge in [0.1, 0.15) is 11.8 Å². The molecule has 0 saturated carbocycles. The van der Waals surface area contributed by atoms with Crippen molar-refractivity contribution in [2.75, 3.05) is 12.0 Å². The third-order valence-electron chi connectivity index (χ3n) is 4.52. The first-order chi connectivity index (χ1) is 11.2. The smallest absolute Gasteiger partial charge is 0.332 e. The molecule has 116 valence electrons. The predicted octanol–water partition coefficient (Wildman–Crippen LogP) is 2.59. The van der Waals surface area contributed by atoms with Crippen LogP contribution in [-0.4, -0.2) is 30.0 Å². The summed E-state index contributed by atoms with van der Waals surface area (Å²) in [6.45, 7) is 0.484. The molecule has 5 heteroatoms. The number of anilines is 1. The summed E-state index contributed by atoms with van der Waals surface area (Å²) in [5, 5.41) is 0. The largest absolute Gasteiger partial charge is 0.497 e. The molecule has 1 saturated heterocycles. The van der Waals surface area contributed by atoms with Gasteiger partial charge in [0.05, 0.1) is 12.8 Å². The van der Waals surface area contributed by atoms with E-state index >= 15 is 0 Å². The van der Waals surface area contributed by atoms with Gasteiger partial charge < -0.3 is 9.64 Å². The molecule has 2 aliphatic heterocycles. The summed E-state index contributed by atoms with van der Waals surface area (Å²) in [5.74, 6) is 0.535. The lowest BCUT2D eigenvalue weighted by Gasteiger charge is -2.28. The summed E-state index contributed by atoms with van der Waals surface area (Å²) < 4.78 is 5.12. The maximum atomic E-state index is 12.7. The third-order valence-corrected chi connectivity index (χ3v) is 4.52. The fourth-order valence-electron chi connectivity index (χ4n) is 3.29. The molecule has 3 amide bonds. The molecule has 4 rings (SSSR count). The number of urea groups is 1. The second kappa shape index (κ2) is 5.12. The van der Waals surface area contributed by atoms with Gasteiger partial charge in [-0.3, -0.25) is 4.79 Å². The van der Waals surface area contributed by atoms with Crippen LogP contribution in [0, 0.1) is 0 Å². The maximum absolute atomic E-state index is 12.7. The van der Waals surface area contributed by atoms with Crippen LogP contribution in [0.25, 0.3) is 0 Å². The van der Waals surface area contributed by atoms with E-state index < -0.39 is 6.04 Å². The Labute approximate surface area is 134 Å². The van der Waals surface area contributed by atoms with Crippen LogP contribution in [0.1, 0.15) is 11.1 Å². The van der Waals surface area contributed by atoms with Crippen molar-refractivity contribution in [3.63, 3.8) is 0 Å². The van der Waals surface area contributed by atoms with Crippen LogP contribution in [0.4, 0.5) is 10.5 Å². The first kappa shape index (κ1) is 13.8. The van der Waals surface area contributed by atoms with Crippen molar-refractivity contribution >= 4 is 17.6 Å². The van der Waals surface area contributed by atoms with Crippen LogP contribution >= 0.6 is 0 Å². The lowest BCUT2D eigenvalue weighted by molar-refractivity contribution is -0.120. The molecular weight excluding hydrogens is 292 g/mol. The minimum atomic E-state index is -0.403. The fraction of sp³-hybridized carbons (Fsp3) is 0.222. The Bertz CT molecular complexity index is 742. The highest BCUT2D eigenvalue weighted by molar-refractivity contribution is 6.21. The van der Waals surface area contributed by atoms with Gasteiger partial charge in [-0.1, -0.05) is 24.3 Å². The number of benzene rings is 2. The van der Waals surface area contributed by atoms with E-state index in [0.717, 1.165) is 11.1 Å². The number of ether oxygens (including phenoxy) is 1. The molecule has 5 nitrogen and oxygen atoms in total. The molecule has 0 radical (unpaired) electrons. The number of hydrogen-bond donors (Lipinski definition) is 0. The topological polar surface area (TPSA) is 49.9 Å². The van der Waals surface area contributed by atoms with Crippen molar-refractivity contribution in [3.8, 4) is 5.75 Å². The number of amides is 3. The quantitative estimate of drug-likeness (QED) is 0.801. The van der Waals surface area contributed by atoms with Crippen molar-refractivity contribution < 1.29 is 14.3 Å². The van der Waals surface area contributed by atoms with Gasteiger partial charge in [-0.25, -0.2) is 9.69 Å². The van der Waals surface area contributed by atoms with Crippen LogP contribution in [0.2, 0.25) is 0 Å². The zero-order chi connectivity index (χ0) is 16.0. The van der Waals surface area contributed by atoms with Gasteiger partial charge in [0.25, 0.3) is 5.91 Å². The van der Waals surface area contributed by atoms with E-state index in [1.54, 1.807) is 36.3 Å². The molecule has 23 heavy (non-hydrogen) atoms. The second-order valence-electron chi connectivity index (χ2n) is 5.77. The number of fused-ring (bicyclic) bond motifs is 2. The van der Waals surface area contributed by atoms with Crippen LogP contribution in [0.5, 0.6) is 5.75 Å². The number of methoxy groups -OCH3 is 1. The van der Waals surface area contributed by atoms with E-state index in [1.807, 2.05) is 24.3 Å². The van der Waals surface area contributed by atoms with E-state index in [4.69, 9.17) is 4.74 Å². The molecule has 0 aliphatic carbocycles. The van der Waals surface area contributed by atoms with E-state index in [2.05, 4.69) is 0 Å². The Morgan fingerprint density at radius 2 is 1.70 bits per heavy atom. The highest BCUT2D eigenvalue weighted by Crippen LogP contribution is 2.33. The fourth-order valence-corrected chi connectivity index (χ4v) is 3.29. The number of imide groups is 1. The van der Waals surface area contributed by atoms with Gasteiger partial charge in [-0.05, 0) is 35.4 Å². The molecule has 2 aliphatic rings. The van der Waals surface area contributed by atoms with Crippen molar-refractivity contribution in [2.45, 2.75) is 19.0 Å². The van der Waals surface area contributed by atoms with Crippen LogP contribution < -0.4 is 9.64 Å². The number of carbonyl (C=O) groups is 2. The summed E-state index contributed by atoms with van der Waals surface area (Å²) in [6.07, 6.45) is 0.577. The Morgan fingerprint density at radius 1 is 1.00 bits per heavy atom. The molecule has 0 N–H and O–H groups in total. The zero-order valence-corrected chi connectivity index (χ0v) is 12.7. The van der Waals surface area contributed by atoms with Crippen LogP contribution in [0.3, 0.4) is 0 Å². The number of nitrogens with zero attached hydrogens (tertiary/aromatic N) is 2. The van der Waals surface area contributed by atoms with Crippen molar-refractivity contribution in [1.82, 2.24) is 4.90 Å². The molecule has 0 aromatic heterocycles. The van der Waals surface area contributed by atoms with E-state index in [-0.39, 0.29) is 11.9 Å². The lowest BCUT2D eigenvalue weighted by Crippen LogP contribution is -2.39. The summed E-state index contributed by atoms with van der Waals surface area (Å²) in [7, 11) is 1.58. The molecule has 0 bridgehead atoms. The molecule has 0 spiro atoms. The monoisotopic (exact) mass is 308 g/mol. The molecule has 2 heterocycles. The van der Waals surface area contributed by atoms with Crippen molar-refractivity contribution in [2.24, 2.45) is 0 Å². The summed E-state index contributed by atoms with van der Waals surface area (Å²) in [4.78, 5) is 28.4. The highest BCUT2D eigenvalue weighted by atomic mass is 16.5. The van der Waals surface area contributed by atoms with Crippen LogP contribution in [-0.2, 0) is 17.8 Å². The number of carbonyl (C=O) groups excluding carboxylic acids is 2. The summed E-state index contributed by atoms with van der Waals surface area (Å²) in [6, 6.07) is 14.3. The highest BCUT2D eigenvalue weighted by Gasteiger charge is 2.47. The van der Waals surface area contributed by atoms with Gasteiger partial charge in [0.15, 0.2) is 0 Å². The lowest BCUT2D eigenvalue weighted by atomic mass is 9.95. The van der Waals surface area contributed by atoms with E-state index in [1.165, 1.54) is 4.90 Å². The molecular formula is C18H16N2O3. The normalized spacial score (nSPS) is 19.6. The Balaban J connectivity index is 1.68. The summed E-state index contributed by atoms with van der Waals surface area (Å²) in [5.41, 5.74) is 2.84. The number of hydrogen-bond acceptors (Lipinski definition) is 3. The minimum absolute atomic E-state index is 0.158. The molecule has 0 unspecified atom stereocenters. The average Bonchev–Trinajstić information content (AvgIpc) is 2.84. The van der Waals surface area contributed by atoms with E-state index in [0.29, 0.717) is 24.4 Å². The Hall–Kier alpha value is -2.82. The van der Waals surface area contributed by atoms with Gasteiger partial charge >= 0.3 is 6.03 Å². The minimum Gasteiger partial charge on any atom is -0.497 e. The third kappa shape index (κ3) is 2.08. The predicted molar refractivity (Wildman–Crippen MR) is 85.4 cm³/mol. The number of rotatable bonds is 2. The Kier molecular flexibility index (Phi) is 3.08. The summed E-state index contributed by atoms with van der Waals surface area (Å²) >= 11 is 0. The van der Waals surface area contributed by atoms with Crippen molar-refractivity contribution in [3.05, 3.63) is 59.7 Å². The second-order valence-corrected chi connectivity index (χ2v) is 5.77. The van der Waals surface area contributed by atoms with Gasteiger partial charge in [-0.2, -0.15) is 0 Å². The first-order valence-corrected chi connectivity index (χ1v) is 7.54. The maximum Gasteiger partial charge on any atom is 0.332 e. The Morgan fingerprint density at radius 3 is 2.39 bits per heavy atom. The van der Waals surface area contributed by atoms with Gasteiger partial charge in [0, 0.05) is 13.0 Å². The van der Waals surface area contributed by atoms with Crippen molar-refractivity contribution in [1.29, 1.82) is 0 Å². The SMILES string of the molecule is COc1ccc(N2C(=O)[C@H]3Cc4ccccc4CN3C2=O)cc1. The van der Waals surface area contributed by atoms with E-state index in [9.17, 15) is 9.59 Å². The van der Waals surface area contributed by atoms with Crippen LogP contribution in [0.15, 0.2) is 48.5 Å². The zero-order valence-electron chi connectivity index (χ0n) is 12.7. The van der Waals surface area contributed by atoms with Gasteiger partial charge in [-0.15, -0.1) is 0 Å². The van der Waals surface area contributed by atoms with Gasteiger partial charge in [0.2, 0.25) is 0 Å². The molecule has 1 atom stereocenters. The first-order valence-electron chi connectivity index (χ1n) is 7.54. The standard InChI is InChI=1S/C18H16N2O3/c1-23-15-8-6-14(7-9-15)20-17(21)16-10-12-4-2-3-5-13(12)11-19(16)18(20)22/h2-9,16H,10-11H2,1H3/t16-/m1/s1. The molecule has 2 aromatic rings. The average molecular weight is 308 g/mol.